The first kappa shape index (κ1) is 17.3. The summed E-state index contributed by atoms with van der Waals surface area (Å²) in [7, 11) is 3.98. The zero-order valence-electron chi connectivity index (χ0n) is 15.6. The molecule has 0 unspecified atom stereocenters. The second-order valence-corrected chi connectivity index (χ2v) is 8.22. The fraction of sp³-hybridized carbons (Fsp3) is 0.750. The third kappa shape index (κ3) is 3.99. The van der Waals surface area contributed by atoms with Gasteiger partial charge in [0.15, 0.2) is 0 Å². The van der Waals surface area contributed by atoms with Gasteiger partial charge in [-0.05, 0) is 57.7 Å². The normalized spacial score (nSPS) is 30.3. The highest BCUT2D eigenvalue weighted by Gasteiger charge is 2.44. The van der Waals surface area contributed by atoms with Gasteiger partial charge in [-0.1, -0.05) is 6.07 Å². The number of pyridine rings is 1. The third-order valence-corrected chi connectivity index (χ3v) is 6.06. The Balaban J connectivity index is 1.36. The average molecular weight is 345 g/mol. The summed E-state index contributed by atoms with van der Waals surface area (Å²) >= 11 is 0. The van der Waals surface area contributed by atoms with Crippen molar-refractivity contribution in [1.29, 1.82) is 0 Å². The Morgan fingerprint density at radius 1 is 1.44 bits per heavy atom. The van der Waals surface area contributed by atoms with Gasteiger partial charge < -0.3 is 14.4 Å². The molecule has 0 aromatic carbocycles. The summed E-state index contributed by atoms with van der Waals surface area (Å²) in [6.45, 7) is 5.20. The van der Waals surface area contributed by atoms with Crippen molar-refractivity contribution in [2.45, 2.75) is 50.3 Å². The number of hydrogen-bond donors (Lipinski definition) is 0. The molecule has 3 heterocycles. The number of piperidine rings is 1. The maximum atomic E-state index is 6.40. The lowest BCUT2D eigenvalue weighted by molar-refractivity contribution is -0.0537. The Hall–Kier alpha value is -1.17. The number of likely N-dealkylation sites (tertiary alicyclic amines) is 1. The van der Waals surface area contributed by atoms with Gasteiger partial charge in [0.2, 0.25) is 5.88 Å². The number of ether oxygens (including phenoxy) is 2. The number of nitrogens with zero attached hydrogens (tertiary/aromatic N) is 3. The van der Waals surface area contributed by atoms with Crippen LogP contribution in [0, 0.1) is 5.92 Å². The van der Waals surface area contributed by atoms with Crippen LogP contribution < -0.4 is 4.74 Å². The van der Waals surface area contributed by atoms with E-state index in [1.165, 1.54) is 44.2 Å². The number of hydrogen-bond acceptors (Lipinski definition) is 5. The Morgan fingerprint density at radius 2 is 2.32 bits per heavy atom. The zero-order chi connectivity index (χ0) is 17.3. The van der Waals surface area contributed by atoms with E-state index >= 15 is 0 Å². The van der Waals surface area contributed by atoms with Crippen molar-refractivity contribution < 1.29 is 9.47 Å². The molecule has 4 rings (SSSR count). The Kier molecular flexibility index (Phi) is 4.98. The second-order valence-electron chi connectivity index (χ2n) is 8.22. The lowest BCUT2D eigenvalue weighted by Gasteiger charge is -2.40. The molecule has 1 saturated carbocycles. The van der Waals surface area contributed by atoms with Crippen molar-refractivity contribution >= 4 is 0 Å². The molecule has 0 amide bonds. The summed E-state index contributed by atoms with van der Waals surface area (Å²) < 4.78 is 11.8. The topological polar surface area (TPSA) is 37.8 Å². The first-order chi connectivity index (χ1) is 12.2. The van der Waals surface area contributed by atoms with Crippen LogP contribution in [-0.4, -0.2) is 66.8 Å². The molecular weight excluding hydrogens is 314 g/mol. The summed E-state index contributed by atoms with van der Waals surface area (Å²) in [5.74, 6) is 1.44. The highest BCUT2D eigenvalue weighted by molar-refractivity contribution is 5.25. The SMILES string of the molecule is COc1ncccc1CN1CCC[C@]2(C[C@@H](CN(C)C3CC3)CO2)C1. The molecule has 5 nitrogen and oxygen atoms in total. The summed E-state index contributed by atoms with van der Waals surface area (Å²) in [5.41, 5.74) is 1.24. The van der Waals surface area contributed by atoms with Crippen LogP contribution in [0.4, 0.5) is 0 Å². The van der Waals surface area contributed by atoms with Gasteiger partial charge in [0.25, 0.3) is 0 Å². The van der Waals surface area contributed by atoms with E-state index in [1.54, 1.807) is 13.3 Å². The monoisotopic (exact) mass is 345 g/mol. The van der Waals surface area contributed by atoms with E-state index in [-0.39, 0.29) is 5.60 Å². The van der Waals surface area contributed by atoms with Crippen LogP contribution in [-0.2, 0) is 11.3 Å². The van der Waals surface area contributed by atoms with Crippen LogP contribution in [0.25, 0.3) is 0 Å². The maximum absolute atomic E-state index is 6.40. The highest BCUT2D eigenvalue weighted by Crippen LogP contribution is 2.39. The molecule has 1 spiro atoms. The number of methoxy groups -OCH3 is 1. The van der Waals surface area contributed by atoms with Crippen molar-refractivity contribution in [3.8, 4) is 5.88 Å². The molecule has 0 bridgehead atoms. The second kappa shape index (κ2) is 7.22. The first-order valence-electron chi connectivity index (χ1n) is 9.72. The molecule has 0 N–H and O–H groups in total. The fourth-order valence-electron chi connectivity index (χ4n) is 4.71. The third-order valence-electron chi connectivity index (χ3n) is 6.06. The van der Waals surface area contributed by atoms with Crippen LogP contribution in [0.2, 0.25) is 0 Å². The standard InChI is InChI=1S/C20H31N3O2/c1-22(18-6-7-18)12-16-11-20(25-14-16)8-4-10-23(15-20)13-17-5-3-9-21-19(17)24-2/h3,5,9,16,18H,4,6-8,10-15H2,1-2H3/t16-,20-/m0/s1. The van der Waals surface area contributed by atoms with Gasteiger partial charge in [-0.2, -0.15) is 0 Å². The average Bonchev–Trinajstić information content (AvgIpc) is 3.40. The van der Waals surface area contributed by atoms with Crippen LogP contribution in [0.15, 0.2) is 18.3 Å². The van der Waals surface area contributed by atoms with Crippen molar-refractivity contribution in [2.24, 2.45) is 5.92 Å². The van der Waals surface area contributed by atoms with Gasteiger partial charge in [0.1, 0.15) is 0 Å². The molecule has 2 atom stereocenters. The van der Waals surface area contributed by atoms with E-state index in [4.69, 9.17) is 9.47 Å². The van der Waals surface area contributed by atoms with Crippen LogP contribution in [0.5, 0.6) is 5.88 Å². The molecule has 2 aliphatic heterocycles. The maximum Gasteiger partial charge on any atom is 0.217 e. The smallest absolute Gasteiger partial charge is 0.217 e. The van der Waals surface area contributed by atoms with Gasteiger partial charge in [-0.15, -0.1) is 0 Å². The van der Waals surface area contributed by atoms with Crippen molar-refractivity contribution in [3.05, 3.63) is 23.9 Å². The van der Waals surface area contributed by atoms with Crippen LogP contribution in [0.3, 0.4) is 0 Å². The minimum atomic E-state index is 0.0722. The Labute approximate surface area is 151 Å². The molecule has 3 aliphatic rings. The predicted molar refractivity (Wildman–Crippen MR) is 97.7 cm³/mol. The molecule has 138 valence electrons. The Bertz CT molecular complexity index is 592. The molecule has 1 aromatic heterocycles. The molecular formula is C20H31N3O2. The first-order valence-corrected chi connectivity index (χ1v) is 9.72. The molecule has 3 fully saturated rings. The molecule has 5 heteroatoms. The van der Waals surface area contributed by atoms with Gasteiger partial charge >= 0.3 is 0 Å². The minimum absolute atomic E-state index is 0.0722. The van der Waals surface area contributed by atoms with E-state index in [9.17, 15) is 0 Å². The van der Waals surface area contributed by atoms with E-state index in [0.717, 1.165) is 38.2 Å². The fourth-order valence-corrected chi connectivity index (χ4v) is 4.71. The van der Waals surface area contributed by atoms with Gasteiger partial charge in [-0.25, -0.2) is 4.98 Å². The molecule has 1 aromatic rings. The van der Waals surface area contributed by atoms with Gasteiger partial charge in [-0.3, -0.25) is 4.90 Å². The quantitative estimate of drug-likeness (QED) is 0.792. The van der Waals surface area contributed by atoms with Crippen LogP contribution >= 0.6 is 0 Å². The zero-order valence-corrected chi connectivity index (χ0v) is 15.6. The summed E-state index contributed by atoms with van der Waals surface area (Å²) in [6, 6.07) is 4.96. The van der Waals surface area contributed by atoms with E-state index in [1.807, 2.05) is 6.07 Å². The predicted octanol–water partition coefficient (Wildman–Crippen LogP) is 2.56. The van der Waals surface area contributed by atoms with Crippen molar-refractivity contribution in [3.63, 3.8) is 0 Å². The van der Waals surface area contributed by atoms with Crippen LogP contribution in [0.1, 0.15) is 37.7 Å². The summed E-state index contributed by atoms with van der Waals surface area (Å²) in [4.78, 5) is 9.41. The van der Waals surface area contributed by atoms with E-state index < -0.39 is 0 Å². The van der Waals surface area contributed by atoms with Crippen molar-refractivity contribution in [2.75, 3.05) is 40.4 Å². The van der Waals surface area contributed by atoms with Gasteiger partial charge in [0, 0.05) is 37.4 Å². The lowest BCUT2D eigenvalue weighted by Crippen LogP contribution is -2.47. The molecule has 25 heavy (non-hydrogen) atoms. The van der Waals surface area contributed by atoms with Crippen molar-refractivity contribution in [1.82, 2.24) is 14.8 Å². The summed E-state index contributed by atoms with van der Waals surface area (Å²) in [6.07, 6.45) is 8.20. The number of rotatable bonds is 6. The lowest BCUT2D eigenvalue weighted by atomic mass is 9.86. The number of aromatic nitrogens is 1. The molecule has 1 aliphatic carbocycles. The summed E-state index contributed by atoms with van der Waals surface area (Å²) in [5, 5.41) is 0. The van der Waals surface area contributed by atoms with E-state index in [0.29, 0.717) is 5.92 Å². The van der Waals surface area contributed by atoms with Gasteiger partial charge in [0.05, 0.1) is 19.3 Å². The molecule has 2 saturated heterocycles. The van der Waals surface area contributed by atoms with E-state index in [2.05, 4.69) is 27.9 Å². The minimum Gasteiger partial charge on any atom is -0.481 e. The molecule has 0 radical (unpaired) electrons. The highest BCUT2D eigenvalue weighted by atomic mass is 16.5. The largest absolute Gasteiger partial charge is 0.481 e. The Morgan fingerprint density at radius 3 is 3.12 bits per heavy atom.